The summed E-state index contributed by atoms with van der Waals surface area (Å²) in [6.07, 6.45) is 9.40. The van der Waals surface area contributed by atoms with Crippen molar-refractivity contribution in [2.45, 2.75) is 32.9 Å². The molecule has 0 spiro atoms. The summed E-state index contributed by atoms with van der Waals surface area (Å²) < 4.78 is 5.74. The Morgan fingerprint density at radius 3 is 2.76 bits per heavy atom. The van der Waals surface area contributed by atoms with Crippen LogP contribution < -0.4 is 15.8 Å². The van der Waals surface area contributed by atoms with Crippen molar-refractivity contribution in [2.24, 2.45) is 0 Å². The van der Waals surface area contributed by atoms with E-state index in [0.717, 1.165) is 48.4 Å². The summed E-state index contributed by atoms with van der Waals surface area (Å²) in [5.74, 6) is 0.379. The van der Waals surface area contributed by atoms with Gasteiger partial charge in [-0.2, -0.15) is 4.98 Å². The molecule has 2 aromatic carbocycles. The van der Waals surface area contributed by atoms with Gasteiger partial charge in [0.15, 0.2) is 5.65 Å². The summed E-state index contributed by atoms with van der Waals surface area (Å²) >= 11 is 0. The molecule has 41 heavy (non-hydrogen) atoms. The van der Waals surface area contributed by atoms with Crippen molar-refractivity contribution in [1.29, 1.82) is 0 Å². The highest BCUT2D eigenvalue weighted by atomic mass is 16.2. The number of allylic oxidation sites excluding steroid dienone is 2. The van der Waals surface area contributed by atoms with Crippen molar-refractivity contribution in [1.82, 2.24) is 28.8 Å². The number of hydrogen-bond acceptors (Lipinski definition) is 6. The zero-order chi connectivity index (χ0) is 28.5. The molecular formula is C31H34N8O2. The molecule has 10 heteroatoms. The summed E-state index contributed by atoms with van der Waals surface area (Å²) in [5.41, 5.74) is 3.90. The monoisotopic (exact) mass is 550 g/mol. The molecule has 3 aromatic heterocycles. The van der Waals surface area contributed by atoms with E-state index in [1.54, 1.807) is 22.7 Å². The Hall–Kier alpha value is -4.70. The van der Waals surface area contributed by atoms with E-state index < -0.39 is 0 Å². The van der Waals surface area contributed by atoms with Gasteiger partial charge < -0.3 is 19.7 Å². The molecule has 0 unspecified atom stereocenters. The van der Waals surface area contributed by atoms with E-state index in [1.165, 1.54) is 5.52 Å². The second kappa shape index (κ2) is 11.1. The van der Waals surface area contributed by atoms with Crippen molar-refractivity contribution >= 4 is 45.2 Å². The SMILES string of the molecule is CC(=O)N1CCCC=CCn2c(=O)c3cnc(Nc4ccc5c(ccn5CCN(C)C)c4)nc3n2-c2cccc1c2. The average molecular weight is 551 g/mol. The number of fused-ring (bicyclic) bond motifs is 7. The summed E-state index contributed by atoms with van der Waals surface area (Å²) in [6, 6.07) is 16.0. The average Bonchev–Trinajstić information content (AvgIpc) is 3.48. The number of benzene rings is 2. The first-order valence-electron chi connectivity index (χ1n) is 13.9. The molecule has 0 saturated carbocycles. The van der Waals surface area contributed by atoms with E-state index >= 15 is 0 Å². The van der Waals surface area contributed by atoms with Gasteiger partial charge in [0.05, 0.1) is 12.2 Å². The molecule has 2 bridgehead atoms. The van der Waals surface area contributed by atoms with E-state index in [4.69, 9.17) is 4.98 Å². The minimum absolute atomic E-state index is 0.0169. The summed E-state index contributed by atoms with van der Waals surface area (Å²) in [4.78, 5) is 39.2. The van der Waals surface area contributed by atoms with Crippen molar-refractivity contribution < 1.29 is 4.79 Å². The standard InChI is InChI=1S/C31H34N8O2/c1-22(40)37-14-6-4-5-7-15-38-30(41)27-21-32-31(34-29(27)39(38)26-10-8-9-25(37)20-26)33-24-11-12-28-23(19-24)13-16-36(28)18-17-35(2)3/h5,7-13,16,19-21H,4,6,14-15,17-18H2,1-3H3,(H,32,33,34). The quantitative estimate of drug-likeness (QED) is 0.323. The molecule has 0 fully saturated rings. The zero-order valence-corrected chi connectivity index (χ0v) is 23.6. The molecule has 0 radical (unpaired) electrons. The molecule has 1 aliphatic rings. The number of nitrogens with zero attached hydrogens (tertiary/aromatic N) is 7. The highest BCUT2D eigenvalue weighted by Crippen LogP contribution is 2.25. The molecule has 0 aliphatic carbocycles. The number of aromatic nitrogens is 5. The van der Waals surface area contributed by atoms with Crippen LogP contribution in [-0.2, 0) is 17.9 Å². The number of carbonyl (C=O) groups excluding carboxylic acids is 1. The fourth-order valence-corrected chi connectivity index (χ4v) is 5.35. The van der Waals surface area contributed by atoms with Gasteiger partial charge in [-0.25, -0.2) is 14.3 Å². The van der Waals surface area contributed by atoms with Gasteiger partial charge >= 0.3 is 0 Å². The Balaban J connectivity index is 1.40. The maximum atomic E-state index is 13.5. The second-order valence-corrected chi connectivity index (χ2v) is 10.6. The Kier molecular flexibility index (Phi) is 7.15. The number of amides is 1. The molecule has 0 saturated heterocycles. The fourth-order valence-electron chi connectivity index (χ4n) is 5.35. The van der Waals surface area contributed by atoms with E-state index in [-0.39, 0.29) is 11.5 Å². The van der Waals surface area contributed by atoms with Gasteiger partial charge in [-0.05, 0) is 69.4 Å². The lowest BCUT2D eigenvalue weighted by atomic mass is 10.2. The maximum absolute atomic E-state index is 13.5. The largest absolute Gasteiger partial charge is 0.346 e. The van der Waals surface area contributed by atoms with Crippen LogP contribution in [0.15, 0.2) is 77.9 Å². The molecule has 4 heterocycles. The molecule has 1 N–H and O–H groups in total. The summed E-state index contributed by atoms with van der Waals surface area (Å²) in [7, 11) is 4.15. The van der Waals surface area contributed by atoms with Gasteiger partial charge in [-0.3, -0.25) is 9.59 Å². The fraction of sp³-hybridized carbons (Fsp3) is 0.290. The minimum atomic E-state index is -0.164. The van der Waals surface area contributed by atoms with Crippen LogP contribution in [0.1, 0.15) is 19.8 Å². The van der Waals surface area contributed by atoms with Crippen LogP contribution in [0.3, 0.4) is 0 Å². The van der Waals surface area contributed by atoms with E-state index in [2.05, 4.69) is 64.3 Å². The third kappa shape index (κ3) is 5.26. The summed E-state index contributed by atoms with van der Waals surface area (Å²) in [5, 5.41) is 4.88. The first-order valence-corrected chi connectivity index (χ1v) is 13.9. The number of rotatable bonds is 5. The maximum Gasteiger partial charge on any atom is 0.278 e. The normalized spacial score (nSPS) is 13.8. The van der Waals surface area contributed by atoms with Gasteiger partial charge in [-0.15, -0.1) is 0 Å². The predicted molar refractivity (Wildman–Crippen MR) is 163 cm³/mol. The highest BCUT2D eigenvalue weighted by molar-refractivity contribution is 5.92. The Morgan fingerprint density at radius 1 is 1.07 bits per heavy atom. The Morgan fingerprint density at radius 2 is 1.93 bits per heavy atom. The van der Waals surface area contributed by atoms with Crippen LogP contribution >= 0.6 is 0 Å². The zero-order valence-electron chi connectivity index (χ0n) is 23.6. The van der Waals surface area contributed by atoms with Crippen LogP contribution in [0.25, 0.3) is 27.6 Å². The molecule has 1 aliphatic heterocycles. The third-order valence-electron chi connectivity index (χ3n) is 7.45. The number of nitrogens with one attached hydrogen (secondary N) is 1. The van der Waals surface area contributed by atoms with Crippen LogP contribution in [0.2, 0.25) is 0 Å². The van der Waals surface area contributed by atoms with Crippen molar-refractivity contribution in [3.8, 4) is 5.69 Å². The number of carbonyl (C=O) groups is 1. The molecule has 5 aromatic rings. The number of hydrogen-bond donors (Lipinski definition) is 1. The van der Waals surface area contributed by atoms with Crippen LogP contribution in [0.5, 0.6) is 0 Å². The molecule has 10 nitrogen and oxygen atoms in total. The third-order valence-corrected chi connectivity index (χ3v) is 7.45. The minimum Gasteiger partial charge on any atom is -0.346 e. The topological polar surface area (TPSA) is 93.2 Å². The summed E-state index contributed by atoms with van der Waals surface area (Å²) in [6.45, 7) is 4.49. The van der Waals surface area contributed by atoms with Crippen molar-refractivity contribution in [3.05, 3.63) is 83.4 Å². The second-order valence-electron chi connectivity index (χ2n) is 10.6. The predicted octanol–water partition coefficient (Wildman–Crippen LogP) is 4.55. The van der Waals surface area contributed by atoms with Gasteiger partial charge in [0, 0.05) is 61.2 Å². The lowest BCUT2D eigenvalue weighted by Crippen LogP contribution is -2.30. The van der Waals surface area contributed by atoms with Crippen molar-refractivity contribution in [3.63, 3.8) is 0 Å². The van der Waals surface area contributed by atoms with Crippen LogP contribution in [-0.4, -0.2) is 61.9 Å². The van der Waals surface area contributed by atoms with Gasteiger partial charge in [0.25, 0.3) is 5.56 Å². The molecular weight excluding hydrogens is 516 g/mol. The number of likely N-dealkylation sites (N-methyl/N-ethyl adjacent to an activating group) is 1. The lowest BCUT2D eigenvalue weighted by Gasteiger charge is -2.22. The van der Waals surface area contributed by atoms with Gasteiger partial charge in [0.1, 0.15) is 5.39 Å². The van der Waals surface area contributed by atoms with E-state index in [1.807, 2.05) is 41.1 Å². The smallest absolute Gasteiger partial charge is 0.278 e. The number of anilines is 3. The molecule has 210 valence electrons. The van der Waals surface area contributed by atoms with Gasteiger partial charge in [0.2, 0.25) is 11.9 Å². The highest BCUT2D eigenvalue weighted by Gasteiger charge is 2.19. The molecule has 1 amide bonds. The van der Waals surface area contributed by atoms with E-state index in [9.17, 15) is 9.59 Å². The van der Waals surface area contributed by atoms with Crippen LogP contribution in [0, 0.1) is 0 Å². The van der Waals surface area contributed by atoms with Gasteiger partial charge in [-0.1, -0.05) is 18.2 Å². The molecule has 0 atom stereocenters. The van der Waals surface area contributed by atoms with Crippen LogP contribution in [0.4, 0.5) is 17.3 Å². The first kappa shape index (κ1) is 26.5. The first-order chi connectivity index (χ1) is 19.9. The van der Waals surface area contributed by atoms with E-state index in [0.29, 0.717) is 30.1 Å². The van der Waals surface area contributed by atoms with Crippen molar-refractivity contribution in [2.75, 3.05) is 37.4 Å². The Labute approximate surface area is 238 Å². The molecule has 6 rings (SSSR count). The lowest BCUT2D eigenvalue weighted by molar-refractivity contribution is -0.116. The Bertz CT molecular complexity index is 1830.